The quantitative estimate of drug-likeness (QED) is 0.470. The second kappa shape index (κ2) is 7.67. The lowest BCUT2D eigenvalue weighted by molar-refractivity contribution is 0.482. The Kier molecular flexibility index (Phi) is 5.14. The van der Waals surface area contributed by atoms with Gasteiger partial charge in [0.2, 0.25) is 0 Å². The Bertz CT molecular complexity index is 866. The molecule has 25 heavy (non-hydrogen) atoms. The van der Waals surface area contributed by atoms with E-state index in [1.807, 2.05) is 42.5 Å². The molecule has 0 aromatic heterocycles. The minimum atomic E-state index is 0.812. The Hall–Kier alpha value is -3.07. The van der Waals surface area contributed by atoms with Gasteiger partial charge in [0.15, 0.2) is 0 Å². The summed E-state index contributed by atoms with van der Waals surface area (Å²) in [5.74, 6) is 1.66. The molecule has 0 unspecified atom stereocenters. The van der Waals surface area contributed by atoms with E-state index in [1.54, 1.807) is 6.21 Å². The summed E-state index contributed by atoms with van der Waals surface area (Å²) in [5.41, 5.74) is 8.72. The number of anilines is 1. The normalized spacial score (nSPS) is 10.8. The fourth-order valence-electron chi connectivity index (χ4n) is 2.34. The number of benzene rings is 3. The van der Waals surface area contributed by atoms with Crippen LogP contribution in [0.5, 0.6) is 11.5 Å². The fraction of sp³-hybridized carbons (Fsp3) is 0.136. The van der Waals surface area contributed by atoms with Crippen molar-refractivity contribution in [3.63, 3.8) is 0 Å². The van der Waals surface area contributed by atoms with Gasteiger partial charge in [-0.2, -0.15) is 5.10 Å². The first-order valence-electron chi connectivity index (χ1n) is 8.31. The van der Waals surface area contributed by atoms with Crippen LogP contribution in [0.15, 0.2) is 71.8 Å². The smallest absolute Gasteiger partial charge is 0.127 e. The Morgan fingerprint density at radius 1 is 0.760 bits per heavy atom. The molecule has 0 heterocycles. The van der Waals surface area contributed by atoms with Crippen molar-refractivity contribution < 1.29 is 4.74 Å². The van der Waals surface area contributed by atoms with Gasteiger partial charge in [0.25, 0.3) is 0 Å². The van der Waals surface area contributed by atoms with Crippen molar-refractivity contribution in [3.8, 4) is 11.5 Å². The Balaban J connectivity index is 1.60. The van der Waals surface area contributed by atoms with Gasteiger partial charge in [-0.05, 0) is 86.0 Å². The summed E-state index contributed by atoms with van der Waals surface area (Å²) in [4.78, 5) is 0. The van der Waals surface area contributed by atoms with Gasteiger partial charge < -0.3 is 4.74 Å². The summed E-state index contributed by atoms with van der Waals surface area (Å²) in [6.07, 6.45) is 1.79. The van der Waals surface area contributed by atoms with Crippen molar-refractivity contribution in [2.45, 2.75) is 20.8 Å². The van der Waals surface area contributed by atoms with Crippen LogP contribution >= 0.6 is 0 Å². The van der Waals surface area contributed by atoms with Crippen LogP contribution in [0.1, 0.15) is 22.3 Å². The summed E-state index contributed by atoms with van der Waals surface area (Å²) >= 11 is 0. The molecule has 0 bridgehead atoms. The molecule has 0 radical (unpaired) electrons. The third kappa shape index (κ3) is 4.70. The molecule has 0 atom stereocenters. The van der Waals surface area contributed by atoms with E-state index in [2.05, 4.69) is 55.6 Å². The summed E-state index contributed by atoms with van der Waals surface area (Å²) in [7, 11) is 0. The summed E-state index contributed by atoms with van der Waals surface area (Å²) in [6.45, 7) is 6.25. The summed E-state index contributed by atoms with van der Waals surface area (Å²) in [5, 5.41) is 4.26. The first kappa shape index (κ1) is 16.8. The molecule has 0 amide bonds. The maximum atomic E-state index is 5.89. The van der Waals surface area contributed by atoms with Crippen molar-refractivity contribution in [2.24, 2.45) is 5.10 Å². The Morgan fingerprint density at radius 2 is 1.44 bits per heavy atom. The molecule has 3 aromatic carbocycles. The topological polar surface area (TPSA) is 33.6 Å². The minimum absolute atomic E-state index is 0.812. The molecular weight excluding hydrogens is 308 g/mol. The standard InChI is InChI=1S/C22H22N2O/c1-16-4-9-20(10-5-16)24-23-15-19-7-12-21(13-8-19)25-22-11-6-17(2)18(3)14-22/h4-15,24H,1-3H3. The van der Waals surface area contributed by atoms with Gasteiger partial charge in [-0.25, -0.2) is 0 Å². The highest BCUT2D eigenvalue weighted by molar-refractivity contribution is 5.80. The van der Waals surface area contributed by atoms with Gasteiger partial charge in [0, 0.05) is 0 Å². The molecule has 0 aliphatic carbocycles. The molecule has 3 nitrogen and oxygen atoms in total. The molecule has 126 valence electrons. The number of nitrogens with zero attached hydrogens (tertiary/aromatic N) is 1. The first-order chi connectivity index (χ1) is 12.1. The largest absolute Gasteiger partial charge is 0.457 e. The van der Waals surface area contributed by atoms with E-state index in [4.69, 9.17) is 4.74 Å². The SMILES string of the molecule is Cc1ccc(NN=Cc2ccc(Oc3ccc(C)c(C)c3)cc2)cc1. The van der Waals surface area contributed by atoms with E-state index >= 15 is 0 Å². The van der Waals surface area contributed by atoms with Crippen molar-refractivity contribution in [3.05, 3.63) is 89.0 Å². The third-order valence-electron chi connectivity index (χ3n) is 4.05. The average molecular weight is 330 g/mol. The van der Waals surface area contributed by atoms with E-state index in [0.29, 0.717) is 0 Å². The number of hydrogen-bond acceptors (Lipinski definition) is 3. The summed E-state index contributed by atoms with van der Waals surface area (Å²) in [6, 6.07) is 22.1. The monoisotopic (exact) mass is 330 g/mol. The molecule has 0 spiro atoms. The zero-order valence-corrected chi connectivity index (χ0v) is 14.8. The van der Waals surface area contributed by atoms with E-state index in [9.17, 15) is 0 Å². The minimum Gasteiger partial charge on any atom is -0.457 e. The van der Waals surface area contributed by atoms with Gasteiger partial charge in [-0.15, -0.1) is 0 Å². The van der Waals surface area contributed by atoms with Crippen LogP contribution in [0.25, 0.3) is 0 Å². The number of nitrogens with one attached hydrogen (secondary N) is 1. The molecule has 0 aliphatic rings. The Morgan fingerprint density at radius 3 is 2.12 bits per heavy atom. The predicted molar refractivity (Wildman–Crippen MR) is 105 cm³/mol. The number of rotatable bonds is 5. The highest BCUT2D eigenvalue weighted by atomic mass is 16.5. The molecule has 0 saturated heterocycles. The molecule has 3 rings (SSSR count). The number of aryl methyl sites for hydroxylation is 3. The van der Waals surface area contributed by atoms with E-state index in [-0.39, 0.29) is 0 Å². The van der Waals surface area contributed by atoms with Crippen LogP contribution in [-0.4, -0.2) is 6.21 Å². The van der Waals surface area contributed by atoms with E-state index < -0.39 is 0 Å². The molecule has 0 saturated carbocycles. The lowest BCUT2D eigenvalue weighted by atomic mass is 10.1. The molecule has 0 fully saturated rings. The maximum absolute atomic E-state index is 5.89. The third-order valence-corrected chi connectivity index (χ3v) is 4.05. The van der Waals surface area contributed by atoms with Crippen LogP contribution in [0.4, 0.5) is 5.69 Å². The van der Waals surface area contributed by atoms with Crippen molar-refractivity contribution >= 4 is 11.9 Å². The van der Waals surface area contributed by atoms with Crippen LogP contribution in [0.3, 0.4) is 0 Å². The fourth-order valence-corrected chi connectivity index (χ4v) is 2.34. The molecule has 3 aromatic rings. The van der Waals surface area contributed by atoms with Crippen molar-refractivity contribution in [1.29, 1.82) is 0 Å². The lowest BCUT2D eigenvalue weighted by Crippen LogP contribution is -1.91. The lowest BCUT2D eigenvalue weighted by Gasteiger charge is -2.08. The predicted octanol–water partition coefficient (Wildman–Crippen LogP) is 5.85. The molecule has 3 heteroatoms. The highest BCUT2D eigenvalue weighted by Gasteiger charge is 2.00. The van der Waals surface area contributed by atoms with Crippen LogP contribution < -0.4 is 10.2 Å². The maximum Gasteiger partial charge on any atom is 0.127 e. The zero-order chi connectivity index (χ0) is 17.6. The van der Waals surface area contributed by atoms with Gasteiger partial charge in [-0.1, -0.05) is 23.8 Å². The van der Waals surface area contributed by atoms with Gasteiger partial charge >= 0.3 is 0 Å². The number of hydrazone groups is 1. The summed E-state index contributed by atoms with van der Waals surface area (Å²) < 4.78 is 5.89. The second-order valence-corrected chi connectivity index (χ2v) is 6.15. The van der Waals surface area contributed by atoms with Crippen molar-refractivity contribution in [1.82, 2.24) is 0 Å². The average Bonchev–Trinajstić information content (AvgIpc) is 2.61. The van der Waals surface area contributed by atoms with E-state index in [1.165, 1.54) is 16.7 Å². The van der Waals surface area contributed by atoms with Gasteiger partial charge in [-0.3, -0.25) is 5.43 Å². The van der Waals surface area contributed by atoms with Crippen LogP contribution in [-0.2, 0) is 0 Å². The molecular formula is C22H22N2O. The number of ether oxygens (including phenoxy) is 1. The Labute approximate surface area is 149 Å². The highest BCUT2D eigenvalue weighted by Crippen LogP contribution is 2.23. The van der Waals surface area contributed by atoms with Crippen LogP contribution in [0, 0.1) is 20.8 Å². The molecule has 0 aliphatic heterocycles. The first-order valence-corrected chi connectivity index (χ1v) is 8.31. The zero-order valence-electron chi connectivity index (χ0n) is 14.8. The van der Waals surface area contributed by atoms with Crippen LogP contribution in [0.2, 0.25) is 0 Å². The van der Waals surface area contributed by atoms with Crippen molar-refractivity contribution in [2.75, 3.05) is 5.43 Å². The second-order valence-electron chi connectivity index (χ2n) is 6.15. The van der Waals surface area contributed by atoms with E-state index in [0.717, 1.165) is 22.7 Å². The van der Waals surface area contributed by atoms with Gasteiger partial charge in [0.1, 0.15) is 11.5 Å². The molecule has 1 N–H and O–H groups in total. The number of hydrogen-bond donors (Lipinski definition) is 1. The van der Waals surface area contributed by atoms with Gasteiger partial charge in [0.05, 0.1) is 11.9 Å².